The van der Waals surface area contributed by atoms with Crippen molar-refractivity contribution in [2.24, 2.45) is 11.7 Å². The molecule has 1 unspecified atom stereocenters. The van der Waals surface area contributed by atoms with Crippen LogP contribution >= 0.6 is 11.6 Å². The van der Waals surface area contributed by atoms with Crippen molar-refractivity contribution in [3.63, 3.8) is 0 Å². The molecule has 1 heterocycles. The Kier molecular flexibility index (Phi) is 3.06. The summed E-state index contributed by atoms with van der Waals surface area (Å²) in [5.74, 6) is 0.359. The molecule has 1 aromatic heterocycles. The maximum Gasteiger partial charge on any atom is 0.0759 e. The van der Waals surface area contributed by atoms with E-state index >= 15 is 0 Å². The van der Waals surface area contributed by atoms with Gasteiger partial charge in [0.2, 0.25) is 0 Å². The smallest absolute Gasteiger partial charge is 0.0759 e. The van der Waals surface area contributed by atoms with Gasteiger partial charge in [0.15, 0.2) is 0 Å². The van der Waals surface area contributed by atoms with E-state index in [0.717, 1.165) is 5.69 Å². The van der Waals surface area contributed by atoms with Gasteiger partial charge in [-0.25, -0.2) is 0 Å². The standard InChI is InChI=1S/C9H13ClN2/c1-6(2)8(11)9-7(10)4-3-5-12-9/h3-6,8H,11H2,1-2H3. The number of rotatable bonds is 2. The summed E-state index contributed by atoms with van der Waals surface area (Å²) >= 11 is 5.92. The van der Waals surface area contributed by atoms with E-state index in [-0.39, 0.29) is 6.04 Å². The van der Waals surface area contributed by atoms with Gasteiger partial charge in [0.1, 0.15) is 0 Å². The Morgan fingerprint density at radius 2 is 2.17 bits per heavy atom. The number of aromatic nitrogens is 1. The molecule has 2 N–H and O–H groups in total. The zero-order valence-electron chi connectivity index (χ0n) is 7.29. The van der Waals surface area contributed by atoms with Crippen molar-refractivity contribution in [2.45, 2.75) is 19.9 Å². The fourth-order valence-corrected chi connectivity index (χ4v) is 1.21. The highest BCUT2D eigenvalue weighted by atomic mass is 35.5. The molecule has 66 valence electrons. The monoisotopic (exact) mass is 184 g/mol. The highest BCUT2D eigenvalue weighted by Crippen LogP contribution is 2.23. The first kappa shape index (κ1) is 9.49. The zero-order valence-corrected chi connectivity index (χ0v) is 8.05. The molecule has 0 aliphatic carbocycles. The minimum atomic E-state index is -0.0706. The fraction of sp³-hybridized carbons (Fsp3) is 0.444. The largest absolute Gasteiger partial charge is 0.322 e. The van der Waals surface area contributed by atoms with Gasteiger partial charge in [-0.05, 0) is 18.1 Å². The van der Waals surface area contributed by atoms with Crippen LogP contribution in [0.3, 0.4) is 0 Å². The summed E-state index contributed by atoms with van der Waals surface area (Å²) < 4.78 is 0. The first-order chi connectivity index (χ1) is 5.63. The predicted molar refractivity (Wildman–Crippen MR) is 51.0 cm³/mol. The summed E-state index contributed by atoms with van der Waals surface area (Å²) in [5.41, 5.74) is 6.68. The molecule has 12 heavy (non-hydrogen) atoms. The summed E-state index contributed by atoms with van der Waals surface area (Å²) in [7, 11) is 0. The lowest BCUT2D eigenvalue weighted by Crippen LogP contribution is -2.18. The van der Waals surface area contributed by atoms with Crippen LogP contribution in [0.4, 0.5) is 0 Å². The number of hydrogen-bond acceptors (Lipinski definition) is 2. The molecule has 0 radical (unpaired) electrons. The third-order valence-corrected chi connectivity index (χ3v) is 2.14. The van der Waals surface area contributed by atoms with Crippen LogP contribution in [0.15, 0.2) is 18.3 Å². The third kappa shape index (κ3) is 1.96. The van der Waals surface area contributed by atoms with Crippen LogP contribution in [0.2, 0.25) is 5.02 Å². The first-order valence-corrected chi connectivity index (χ1v) is 4.36. The van der Waals surface area contributed by atoms with Gasteiger partial charge in [0, 0.05) is 6.20 Å². The molecule has 0 aromatic carbocycles. The summed E-state index contributed by atoms with van der Waals surface area (Å²) in [4.78, 5) is 4.14. The highest BCUT2D eigenvalue weighted by molar-refractivity contribution is 6.31. The van der Waals surface area contributed by atoms with Gasteiger partial charge >= 0.3 is 0 Å². The van der Waals surface area contributed by atoms with Gasteiger partial charge < -0.3 is 5.73 Å². The third-order valence-electron chi connectivity index (χ3n) is 1.82. The Labute approximate surface area is 77.8 Å². The Bertz CT molecular complexity index is 260. The maximum atomic E-state index is 5.92. The molecule has 1 aromatic rings. The minimum absolute atomic E-state index is 0.0706. The van der Waals surface area contributed by atoms with E-state index in [1.54, 1.807) is 12.3 Å². The quantitative estimate of drug-likeness (QED) is 0.767. The van der Waals surface area contributed by atoms with E-state index in [0.29, 0.717) is 10.9 Å². The van der Waals surface area contributed by atoms with E-state index in [9.17, 15) is 0 Å². The number of hydrogen-bond donors (Lipinski definition) is 1. The summed E-state index contributed by atoms with van der Waals surface area (Å²) in [5, 5.41) is 0.652. The van der Waals surface area contributed by atoms with Crippen molar-refractivity contribution >= 4 is 11.6 Å². The normalized spacial score (nSPS) is 13.4. The lowest BCUT2D eigenvalue weighted by atomic mass is 10.0. The van der Waals surface area contributed by atoms with Crippen molar-refractivity contribution in [3.8, 4) is 0 Å². The molecule has 0 bridgehead atoms. The predicted octanol–water partition coefficient (Wildman–Crippen LogP) is 2.39. The Balaban J connectivity index is 2.94. The topological polar surface area (TPSA) is 38.9 Å². The molecular formula is C9H13ClN2. The first-order valence-electron chi connectivity index (χ1n) is 3.99. The molecule has 0 aliphatic heterocycles. The number of halogens is 1. The second kappa shape index (κ2) is 3.87. The van der Waals surface area contributed by atoms with Gasteiger partial charge in [-0.15, -0.1) is 0 Å². The number of pyridine rings is 1. The van der Waals surface area contributed by atoms with Gasteiger partial charge in [-0.1, -0.05) is 25.4 Å². The highest BCUT2D eigenvalue weighted by Gasteiger charge is 2.14. The summed E-state index contributed by atoms with van der Waals surface area (Å²) in [6.45, 7) is 4.10. The number of nitrogens with zero attached hydrogens (tertiary/aromatic N) is 1. The summed E-state index contributed by atoms with van der Waals surface area (Å²) in [6, 6.07) is 3.55. The van der Waals surface area contributed by atoms with E-state index in [1.807, 2.05) is 6.07 Å². The molecule has 3 heteroatoms. The second-order valence-electron chi connectivity index (χ2n) is 3.14. The average molecular weight is 185 g/mol. The minimum Gasteiger partial charge on any atom is -0.322 e. The lowest BCUT2D eigenvalue weighted by Gasteiger charge is -2.15. The second-order valence-corrected chi connectivity index (χ2v) is 3.55. The molecule has 1 atom stereocenters. The van der Waals surface area contributed by atoms with Crippen LogP contribution in [0.5, 0.6) is 0 Å². The van der Waals surface area contributed by atoms with Gasteiger partial charge in [-0.2, -0.15) is 0 Å². The van der Waals surface area contributed by atoms with Crippen LogP contribution in [-0.2, 0) is 0 Å². The van der Waals surface area contributed by atoms with Crippen molar-refractivity contribution < 1.29 is 0 Å². The van der Waals surface area contributed by atoms with Gasteiger partial charge in [0.05, 0.1) is 16.8 Å². The van der Waals surface area contributed by atoms with E-state index in [4.69, 9.17) is 17.3 Å². The fourth-order valence-electron chi connectivity index (χ4n) is 0.959. The van der Waals surface area contributed by atoms with Crippen LogP contribution in [-0.4, -0.2) is 4.98 Å². The van der Waals surface area contributed by atoms with Crippen molar-refractivity contribution in [1.29, 1.82) is 0 Å². The molecule has 0 fully saturated rings. The van der Waals surface area contributed by atoms with Gasteiger partial charge in [-0.3, -0.25) is 4.98 Å². The molecule has 0 aliphatic rings. The SMILES string of the molecule is CC(C)C(N)c1ncccc1Cl. The van der Waals surface area contributed by atoms with Crippen LogP contribution < -0.4 is 5.73 Å². The van der Waals surface area contributed by atoms with Crippen LogP contribution in [0.25, 0.3) is 0 Å². The Morgan fingerprint density at radius 3 is 2.67 bits per heavy atom. The molecular weight excluding hydrogens is 172 g/mol. The molecule has 0 amide bonds. The number of nitrogens with two attached hydrogens (primary N) is 1. The molecule has 2 nitrogen and oxygen atoms in total. The summed E-state index contributed by atoms with van der Waals surface area (Å²) in [6.07, 6.45) is 1.71. The Morgan fingerprint density at radius 1 is 1.50 bits per heavy atom. The lowest BCUT2D eigenvalue weighted by molar-refractivity contribution is 0.503. The van der Waals surface area contributed by atoms with Crippen LogP contribution in [0.1, 0.15) is 25.6 Å². The average Bonchev–Trinajstić information content (AvgIpc) is 2.04. The molecule has 0 saturated heterocycles. The zero-order chi connectivity index (χ0) is 9.14. The van der Waals surface area contributed by atoms with Gasteiger partial charge in [0.25, 0.3) is 0 Å². The van der Waals surface area contributed by atoms with E-state index < -0.39 is 0 Å². The maximum absolute atomic E-state index is 5.92. The van der Waals surface area contributed by atoms with Crippen LogP contribution in [0, 0.1) is 5.92 Å². The van der Waals surface area contributed by atoms with E-state index in [2.05, 4.69) is 18.8 Å². The molecule has 0 saturated carbocycles. The molecule has 0 spiro atoms. The van der Waals surface area contributed by atoms with E-state index in [1.165, 1.54) is 0 Å². The van der Waals surface area contributed by atoms with Crippen molar-refractivity contribution in [2.75, 3.05) is 0 Å². The van der Waals surface area contributed by atoms with Crippen molar-refractivity contribution in [3.05, 3.63) is 29.0 Å². The molecule has 1 rings (SSSR count). The Hall–Kier alpha value is -0.600. The van der Waals surface area contributed by atoms with Crippen molar-refractivity contribution in [1.82, 2.24) is 4.98 Å².